The van der Waals surface area contributed by atoms with Crippen molar-refractivity contribution < 1.29 is 4.79 Å². The first kappa shape index (κ1) is 21.1. The lowest BCUT2D eigenvalue weighted by atomic mass is 10.1. The molecule has 0 unspecified atom stereocenters. The summed E-state index contributed by atoms with van der Waals surface area (Å²) in [7, 11) is 0. The van der Waals surface area contributed by atoms with Crippen LogP contribution < -0.4 is 15.5 Å². The van der Waals surface area contributed by atoms with Crippen molar-refractivity contribution >= 4 is 23.2 Å². The SMILES string of the molecule is Cc1nc(N(Cc2ccccc2)Cc2ccccc2)ccc1NC(=O)Nc1ccccc1. The largest absolute Gasteiger partial charge is 0.348 e. The molecule has 160 valence electrons. The molecule has 32 heavy (non-hydrogen) atoms. The molecule has 0 radical (unpaired) electrons. The predicted octanol–water partition coefficient (Wildman–Crippen LogP) is 6.24. The van der Waals surface area contributed by atoms with E-state index in [1.807, 2.05) is 85.8 Å². The van der Waals surface area contributed by atoms with Crippen LogP contribution in [-0.2, 0) is 13.1 Å². The number of nitrogens with zero attached hydrogens (tertiary/aromatic N) is 2. The van der Waals surface area contributed by atoms with Crippen LogP contribution >= 0.6 is 0 Å². The van der Waals surface area contributed by atoms with Gasteiger partial charge in [0.25, 0.3) is 0 Å². The van der Waals surface area contributed by atoms with Crippen LogP contribution in [0, 0.1) is 6.92 Å². The number of hydrogen-bond acceptors (Lipinski definition) is 3. The van der Waals surface area contributed by atoms with Crippen molar-refractivity contribution in [1.82, 2.24) is 4.98 Å². The molecule has 0 saturated carbocycles. The van der Waals surface area contributed by atoms with Crippen LogP contribution in [-0.4, -0.2) is 11.0 Å². The van der Waals surface area contributed by atoms with Crippen LogP contribution in [0.15, 0.2) is 103 Å². The number of hydrogen-bond donors (Lipinski definition) is 2. The van der Waals surface area contributed by atoms with Gasteiger partial charge < -0.3 is 15.5 Å². The molecule has 1 heterocycles. The summed E-state index contributed by atoms with van der Waals surface area (Å²) in [6.45, 7) is 3.39. The van der Waals surface area contributed by atoms with E-state index in [1.165, 1.54) is 11.1 Å². The maximum atomic E-state index is 12.4. The number of benzene rings is 3. The highest BCUT2D eigenvalue weighted by molar-refractivity contribution is 6.00. The summed E-state index contributed by atoms with van der Waals surface area (Å²) in [5.41, 5.74) is 4.61. The van der Waals surface area contributed by atoms with Crippen molar-refractivity contribution in [3.63, 3.8) is 0 Å². The summed E-state index contributed by atoms with van der Waals surface area (Å²) in [4.78, 5) is 19.4. The van der Waals surface area contributed by atoms with E-state index in [2.05, 4.69) is 39.8 Å². The highest BCUT2D eigenvalue weighted by Gasteiger charge is 2.13. The Morgan fingerprint density at radius 3 is 1.78 bits per heavy atom. The van der Waals surface area contributed by atoms with Crippen LogP contribution in [0.2, 0.25) is 0 Å². The summed E-state index contributed by atoms with van der Waals surface area (Å²) < 4.78 is 0. The molecule has 0 fully saturated rings. The Morgan fingerprint density at radius 1 is 0.719 bits per heavy atom. The lowest BCUT2D eigenvalue weighted by molar-refractivity contribution is 0.262. The van der Waals surface area contributed by atoms with E-state index >= 15 is 0 Å². The molecule has 2 N–H and O–H groups in total. The zero-order valence-electron chi connectivity index (χ0n) is 18.0. The molecule has 0 atom stereocenters. The van der Waals surface area contributed by atoms with Gasteiger partial charge in [0.2, 0.25) is 0 Å². The molecule has 4 rings (SSSR count). The second-order valence-electron chi connectivity index (χ2n) is 7.57. The Morgan fingerprint density at radius 2 is 1.25 bits per heavy atom. The van der Waals surface area contributed by atoms with E-state index < -0.39 is 0 Å². The number of urea groups is 1. The average molecular weight is 423 g/mol. The van der Waals surface area contributed by atoms with Gasteiger partial charge in [-0.3, -0.25) is 0 Å². The molecule has 1 aromatic heterocycles. The highest BCUT2D eigenvalue weighted by Crippen LogP contribution is 2.23. The van der Waals surface area contributed by atoms with Crippen LogP contribution in [0.25, 0.3) is 0 Å². The summed E-state index contributed by atoms with van der Waals surface area (Å²) in [6.07, 6.45) is 0. The summed E-state index contributed by atoms with van der Waals surface area (Å²) in [5.74, 6) is 0.865. The molecule has 5 heteroatoms. The fraction of sp³-hybridized carbons (Fsp3) is 0.111. The van der Waals surface area contributed by atoms with Crippen molar-refractivity contribution in [2.45, 2.75) is 20.0 Å². The van der Waals surface area contributed by atoms with Gasteiger partial charge in [0.15, 0.2) is 0 Å². The van der Waals surface area contributed by atoms with E-state index in [4.69, 9.17) is 4.98 Å². The van der Waals surface area contributed by atoms with E-state index in [-0.39, 0.29) is 6.03 Å². The fourth-order valence-electron chi connectivity index (χ4n) is 3.49. The lowest BCUT2D eigenvalue weighted by Gasteiger charge is -2.25. The molecule has 0 bridgehead atoms. The number of carbonyl (C=O) groups is 1. The number of aromatic nitrogens is 1. The van der Waals surface area contributed by atoms with Crippen molar-refractivity contribution in [3.05, 3.63) is 120 Å². The van der Waals surface area contributed by atoms with E-state index in [9.17, 15) is 4.79 Å². The Kier molecular flexibility index (Phi) is 6.78. The van der Waals surface area contributed by atoms with Gasteiger partial charge >= 0.3 is 6.03 Å². The fourth-order valence-corrected chi connectivity index (χ4v) is 3.49. The Balaban J connectivity index is 1.52. The minimum Gasteiger partial charge on any atom is -0.348 e. The first-order valence-electron chi connectivity index (χ1n) is 10.6. The van der Waals surface area contributed by atoms with Crippen LogP contribution in [0.4, 0.5) is 22.0 Å². The minimum absolute atomic E-state index is 0.292. The Labute approximate surface area is 188 Å². The predicted molar refractivity (Wildman–Crippen MR) is 131 cm³/mol. The molecule has 0 aliphatic heterocycles. The number of aryl methyl sites for hydroxylation is 1. The van der Waals surface area contributed by atoms with Crippen LogP contribution in [0.1, 0.15) is 16.8 Å². The second-order valence-corrected chi connectivity index (χ2v) is 7.57. The van der Waals surface area contributed by atoms with Crippen molar-refractivity contribution in [2.24, 2.45) is 0 Å². The Bertz CT molecular complexity index is 1110. The zero-order valence-corrected chi connectivity index (χ0v) is 18.0. The van der Waals surface area contributed by atoms with E-state index in [0.29, 0.717) is 5.69 Å². The summed E-state index contributed by atoms with van der Waals surface area (Å²) in [5, 5.41) is 5.73. The second kappa shape index (κ2) is 10.3. The molecule has 3 aromatic carbocycles. The maximum absolute atomic E-state index is 12.4. The first-order valence-corrected chi connectivity index (χ1v) is 10.6. The molecular weight excluding hydrogens is 396 g/mol. The molecule has 0 aliphatic carbocycles. The monoisotopic (exact) mass is 422 g/mol. The smallest absolute Gasteiger partial charge is 0.323 e. The minimum atomic E-state index is -0.292. The van der Waals surface area contributed by atoms with Crippen LogP contribution in [0.5, 0.6) is 0 Å². The highest BCUT2D eigenvalue weighted by atomic mass is 16.2. The van der Waals surface area contributed by atoms with Gasteiger partial charge in [-0.1, -0.05) is 78.9 Å². The van der Waals surface area contributed by atoms with E-state index in [1.54, 1.807) is 0 Å². The lowest BCUT2D eigenvalue weighted by Crippen LogP contribution is -2.24. The average Bonchev–Trinajstić information content (AvgIpc) is 2.82. The molecule has 0 aliphatic rings. The first-order chi connectivity index (χ1) is 15.7. The molecule has 5 nitrogen and oxygen atoms in total. The topological polar surface area (TPSA) is 57.3 Å². The van der Waals surface area contributed by atoms with Gasteiger partial charge in [-0.25, -0.2) is 9.78 Å². The third-order valence-corrected chi connectivity index (χ3v) is 5.11. The number of nitrogens with one attached hydrogen (secondary N) is 2. The van der Waals surface area contributed by atoms with Gasteiger partial charge in [-0.05, 0) is 42.3 Å². The number of rotatable bonds is 7. The standard InChI is InChI=1S/C27H26N4O/c1-21-25(30-27(32)29-24-15-9-4-10-16-24)17-18-26(28-21)31(19-22-11-5-2-6-12-22)20-23-13-7-3-8-14-23/h2-18H,19-20H2,1H3,(H2,29,30,32). The number of para-hydroxylation sites is 1. The molecule has 4 aromatic rings. The number of carbonyl (C=O) groups excluding carboxylic acids is 1. The summed E-state index contributed by atoms with van der Waals surface area (Å²) >= 11 is 0. The number of anilines is 3. The van der Waals surface area contributed by atoms with Gasteiger partial charge in [0, 0.05) is 18.8 Å². The van der Waals surface area contributed by atoms with Crippen molar-refractivity contribution in [1.29, 1.82) is 0 Å². The van der Waals surface area contributed by atoms with E-state index in [0.717, 1.165) is 30.3 Å². The zero-order chi connectivity index (χ0) is 22.2. The van der Waals surface area contributed by atoms with Gasteiger partial charge in [-0.15, -0.1) is 0 Å². The molecule has 0 saturated heterocycles. The number of amides is 2. The summed E-state index contributed by atoms with van der Waals surface area (Å²) in [6, 6.07) is 33.7. The van der Waals surface area contributed by atoms with Crippen LogP contribution in [0.3, 0.4) is 0 Å². The van der Waals surface area contributed by atoms with Crippen molar-refractivity contribution in [3.8, 4) is 0 Å². The maximum Gasteiger partial charge on any atom is 0.323 e. The molecule has 0 spiro atoms. The molecule has 2 amide bonds. The van der Waals surface area contributed by atoms with Crippen molar-refractivity contribution in [2.75, 3.05) is 15.5 Å². The van der Waals surface area contributed by atoms with Gasteiger partial charge in [-0.2, -0.15) is 0 Å². The third-order valence-electron chi connectivity index (χ3n) is 5.11. The number of pyridine rings is 1. The third kappa shape index (κ3) is 5.73. The normalized spacial score (nSPS) is 10.4. The Hall–Kier alpha value is -4.12. The quantitative estimate of drug-likeness (QED) is 0.371. The van der Waals surface area contributed by atoms with Gasteiger partial charge in [0.1, 0.15) is 5.82 Å². The van der Waals surface area contributed by atoms with Gasteiger partial charge in [0.05, 0.1) is 11.4 Å². The molecular formula is C27H26N4O.